The predicted octanol–water partition coefficient (Wildman–Crippen LogP) is 2.83. The highest BCUT2D eigenvalue weighted by atomic mass is 79.9. The van der Waals surface area contributed by atoms with Gasteiger partial charge < -0.3 is 5.73 Å². The maximum atomic E-state index is 5.64. The van der Waals surface area contributed by atoms with E-state index in [-0.39, 0.29) is 0 Å². The second kappa shape index (κ2) is 3.70. The van der Waals surface area contributed by atoms with E-state index in [0.717, 1.165) is 27.2 Å². The quantitative estimate of drug-likeness (QED) is 0.806. The SMILES string of the molecule is Cc1nn(-c2ccc(N)cc2)c(C)c1Br. The Morgan fingerprint density at radius 3 is 2.27 bits per heavy atom. The van der Waals surface area contributed by atoms with Gasteiger partial charge in [0.2, 0.25) is 0 Å². The molecule has 0 radical (unpaired) electrons. The summed E-state index contributed by atoms with van der Waals surface area (Å²) < 4.78 is 2.96. The van der Waals surface area contributed by atoms with Gasteiger partial charge in [-0.3, -0.25) is 0 Å². The second-order valence-corrected chi connectivity index (χ2v) is 4.28. The van der Waals surface area contributed by atoms with E-state index in [9.17, 15) is 0 Å². The van der Waals surface area contributed by atoms with Crippen molar-refractivity contribution in [2.75, 3.05) is 5.73 Å². The molecule has 2 N–H and O–H groups in total. The monoisotopic (exact) mass is 265 g/mol. The van der Waals surface area contributed by atoms with Gasteiger partial charge in [-0.25, -0.2) is 4.68 Å². The zero-order valence-electron chi connectivity index (χ0n) is 8.66. The van der Waals surface area contributed by atoms with E-state index in [1.54, 1.807) is 0 Å². The summed E-state index contributed by atoms with van der Waals surface area (Å²) in [6.07, 6.45) is 0. The van der Waals surface area contributed by atoms with Crippen molar-refractivity contribution in [3.63, 3.8) is 0 Å². The van der Waals surface area contributed by atoms with Gasteiger partial charge in [0.25, 0.3) is 0 Å². The van der Waals surface area contributed by atoms with Gasteiger partial charge in [-0.2, -0.15) is 5.10 Å². The maximum Gasteiger partial charge on any atom is 0.0743 e. The van der Waals surface area contributed by atoms with Crippen LogP contribution in [0.15, 0.2) is 28.7 Å². The highest BCUT2D eigenvalue weighted by Crippen LogP contribution is 2.23. The Balaban J connectivity index is 2.54. The van der Waals surface area contributed by atoms with Crippen LogP contribution in [0.5, 0.6) is 0 Å². The first-order valence-corrected chi connectivity index (χ1v) is 5.46. The Kier molecular flexibility index (Phi) is 2.52. The average Bonchev–Trinajstić information content (AvgIpc) is 2.47. The van der Waals surface area contributed by atoms with Crippen LogP contribution in [0.2, 0.25) is 0 Å². The van der Waals surface area contributed by atoms with Gasteiger partial charge in [-0.15, -0.1) is 0 Å². The number of benzene rings is 1. The molecule has 2 aromatic rings. The molecule has 0 spiro atoms. The summed E-state index contributed by atoms with van der Waals surface area (Å²) in [4.78, 5) is 0. The van der Waals surface area contributed by atoms with E-state index in [1.807, 2.05) is 42.8 Å². The Hall–Kier alpha value is -1.29. The first kappa shape index (κ1) is 10.2. The number of nitrogens with zero attached hydrogens (tertiary/aromatic N) is 2. The molecule has 1 aromatic carbocycles. The molecule has 0 aliphatic carbocycles. The van der Waals surface area contributed by atoms with E-state index in [0.29, 0.717) is 0 Å². The molecule has 0 fully saturated rings. The molecule has 0 saturated heterocycles. The number of halogens is 1. The van der Waals surface area contributed by atoms with Gasteiger partial charge in [-0.1, -0.05) is 0 Å². The van der Waals surface area contributed by atoms with Crippen molar-refractivity contribution in [3.05, 3.63) is 40.1 Å². The highest BCUT2D eigenvalue weighted by molar-refractivity contribution is 9.10. The minimum atomic E-state index is 0.763. The molecular weight excluding hydrogens is 254 g/mol. The van der Waals surface area contributed by atoms with Crippen molar-refractivity contribution >= 4 is 21.6 Å². The molecule has 0 aliphatic rings. The Morgan fingerprint density at radius 1 is 1.20 bits per heavy atom. The van der Waals surface area contributed by atoms with Gasteiger partial charge in [0.15, 0.2) is 0 Å². The van der Waals surface area contributed by atoms with Crippen LogP contribution in [0.25, 0.3) is 5.69 Å². The molecule has 1 aromatic heterocycles. The molecule has 0 amide bonds. The van der Waals surface area contributed by atoms with E-state index < -0.39 is 0 Å². The van der Waals surface area contributed by atoms with Gasteiger partial charge in [0.1, 0.15) is 0 Å². The molecule has 3 nitrogen and oxygen atoms in total. The molecule has 4 heteroatoms. The fourth-order valence-corrected chi connectivity index (χ4v) is 1.74. The van der Waals surface area contributed by atoms with Crippen LogP contribution in [0.3, 0.4) is 0 Å². The van der Waals surface area contributed by atoms with Crippen molar-refractivity contribution in [1.82, 2.24) is 9.78 Å². The lowest BCUT2D eigenvalue weighted by Crippen LogP contribution is -1.99. The fourth-order valence-electron chi connectivity index (χ4n) is 1.49. The van der Waals surface area contributed by atoms with E-state index in [4.69, 9.17) is 5.73 Å². The molecule has 2 rings (SSSR count). The summed E-state index contributed by atoms with van der Waals surface area (Å²) in [5, 5.41) is 4.44. The predicted molar refractivity (Wildman–Crippen MR) is 65.2 cm³/mol. The highest BCUT2D eigenvalue weighted by Gasteiger charge is 2.09. The van der Waals surface area contributed by atoms with E-state index >= 15 is 0 Å². The number of nitrogen functional groups attached to an aromatic ring is 1. The number of hydrogen-bond donors (Lipinski definition) is 1. The summed E-state index contributed by atoms with van der Waals surface area (Å²) in [7, 11) is 0. The van der Waals surface area contributed by atoms with Crippen LogP contribution in [0.1, 0.15) is 11.4 Å². The molecule has 1 heterocycles. The second-order valence-electron chi connectivity index (χ2n) is 3.49. The third-order valence-electron chi connectivity index (χ3n) is 2.34. The lowest BCUT2D eigenvalue weighted by atomic mass is 10.3. The summed E-state index contributed by atoms with van der Waals surface area (Å²) in [6, 6.07) is 7.67. The zero-order chi connectivity index (χ0) is 11.0. The lowest BCUT2D eigenvalue weighted by molar-refractivity contribution is 0.833. The maximum absolute atomic E-state index is 5.64. The minimum absolute atomic E-state index is 0.763. The third-order valence-corrected chi connectivity index (χ3v) is 3.49. The number of rotatable bonds is 1. The average molecular weight is 266 g/mol. The number of hydrogen-bond acceptors (Lipinski definition) is 2. The van der Waals surface area contributed by atoms with Gasteiger partial charge in [0.05, 0.1) is 21.5 Å². The molecule has 0 unspecified atom stereocenters. The van der Waals surface area contributed by atoms with E-state index in [2.05, 4.69) is 21.0 Å². The van der Waals surface area contributed by atoms with Gasteiger partial charge in [-0.05, 0) is 54.0 Å². The minimum Gasteiger partial charge on any atom is -0.399 e. The number of aromatic nitrogens is 2. The Bertz CT molecular complexity index is 485. The largest absolute Gasteiger partial charge is 0.399 e. The summed E-state index contributed by atoms with van der Waals surface area (Å²) in [5.74, 6) is 0. The van der Waals surface area contributed by atoms with Gasteiger partial charge in [0, 0.05) is 5.69 Å². The van der Waals surface area contributed by atoms with Crippen LogP contribution in [0.4, 0.5) is 5.69 Å². The molecule has 0 atom stereocenters. The first-order chi connectivity index (χ1) is 7.09. The van der Waals surface area contributed by atoms with E-state index in [1.165, 1.54) is 0 Å². The van der Waals surface area contributed by atoms with Crippen molar-refractivity contribution < 1.29 is 0 Å². The lowest BCUT2D eigenvalue weighted by Gasteiger charge is -2.04. The summed E-state index contributed by atoms with van der Waals surface area (Å²) in [6.45, 7) is 4.01. The van der Waals surface area contributed by atoms with Crippen molar-refractivity contribution in [3.8, 4) is 5.69 Å². The number of nitrogens with two attached hydrogens (primary N) is 1. The number of anilines is 1. The van der Waals surface area contributed by atoms with Gasteiger partial charge >= 0.3 is 0 Å². The summed E-state index contributed by atoms with van der Waals surface area (Å²) in [5.41, 5.74) is 9.51. The smallest absolute Gasteiger partial charge is 0.0743 e. The molecule has 78 valence electrons. The normalized spacial score (nSPS) is 10.6. The molecule has 15 heavy (non-hydrogen) atoms. The Labute approximate surface area is 97.0 Å². The van der Waals surface area contributed by atoms with Crippen LogP contribution >= 0.6 is 15.9 Å². The zero-order valence-corrected chi connectivity index (χ0v) is 10.2. The van der Waals surface area contributed by atoms with Crippen LogP contribution in [0, 0.1) is 13.8 Å². The third kappa shape index (κ3) is 1.77. The summed E-state index contributed by atoms with van der Waals surface area (Å²) >= 11 is 3.50. The first-order valence-electron chi connectivity index (χ1n) is 4.67. The van der Waals surface area contributed by atoms with Crippen molar-refractivity contribution in [2.24, 2.45) is 0 Å². The van der Waals surface area contributed by atoms with Crippen LogP contribution in [-0.4, -0.2) is 9.78 Å². The van der Waals surface area contributed by atoms with Crippen molar-refractivity contribution in [2.45, 2.75) is 13.8 Å². The van der Waals surface area contributed by atoms with Crippen molar-refractivity contribution in [1.29, 1.82) is 0 Å². The van der Waals surface area contributed by atoms with Crippen LogP contribution in [-0.2, 0) is 0 Å². The molecule has 0 bridgehead atoms. The number of aryl methyl sites for hydroxylation is 1. The fraction of sp³-hybridized carbons (Fsp3) is 0.182. The Morgan fingerprint density at radius 2 is 1.80 bits per heavy atom. The standard InChI is InChI=1S/C11H12BrN3/c1-7-11(12)8(2)15(14-7)10-5-3-9(13)4-6-10/h3-6H,13H2,1-2H3. The topological polar surface area (TPSA) is 43.8 Å². The van der Waals surface area contributed by atoms with Crippen LogP contribution < -0.4 is 5.73 Å². The molecule has 0 saturated carbocycles. The molecular formula is C11H12BrN3. The molecule has 0 aliphatic heterocycles.